The lowest BCUT2D eigenvalue weighted by atomic mass is 9.98. The predicted octanol–water partition coefficient (Wildman–Crippen LogP) is 5.30. The van der Waals surface area contributed by atoms with Crippen LogP contribution in [0.5, 0.6) is 0 Å². The van der Waals surface area contributed by atoms with Gasteiger partial charge in [-0.2, -0.15) is 0 Å². The van der Waals surface area contributed by atoms with Gasteiger partial charge in [0.1, 0.15) is 11.4 Å². The highest BCUT2D eigenvalue weighted by Crippen LogP contribution is 2.30. The molecule has 2 rings (SSSR count). The Bertz CT molecular complexity index is 706. The smallest absolute Gasteiger partial charge is 0.410 e. The number of halogens is 1. The number of ether oxygens (including phenoxy) is 1. The van der Waals surface area contributed by atoms with Gasteiger partial charge in [0, 0.05) is 11.9 Å². The molecule has 0 bridgehead atoms. The number of fused-ring (bicyclic) bond motifs is 1. The fourth-order valence-corrected chi connectivity index (χ4v) is 2.70. The van der Waals surface area contributed by atoms with Gasteiger partial charge in [0.2, 0.25) is 0 Å². The second kappa shape index (κ2) is 6.57. The van der Waals surface area contributed by atoms with E-state index in [1.165, 1.54) is 6.07 Å². The summed E-state index contributed by atoms with van der Waals surface area (Å²) in [5, 5.41) is 1.39. The molecule has 1 unspecified atom stereocenters. The first-order valence-corrected chi connectivity index (χ1v) is 7.91. The zero-order chi connectivity index (χ0) is 17.2. The van der Waals surface area contributed by atoms with Crippen LogP contribution in [-0.2, 0) is 4.74 Å². The summed E-state index contributed by atoms with van der Waals surface area (Å²) < 4.78 is 19.5. The van der Waals surface area contributed by atoms with E-state index in [-0.39, 0.29) is 18.0 Å². The van der Waals surface area contributed by atoms with Gasteiger partial charge in [0.05, 0.1) is 6.04 Å². The topological polar surface area (TPSA) is 29.5 Å². The maximum absolute atomic E-state index is 14.0. The van der Waals surface area contributed by atoms with E-state index < -0.39 is 5.60 Å². The normalized spacial score (nSPS) is 13.0. The third-order valence-electron chi connectivity index (χ3n) is 3.79. The molecule has 0 saturated heterocycles. The molecular weight excluding hydrogens is 293 g/mol. The number of carbonyl (C=O) groups is 1. The number of hydrogen-bond donors (Lipinski definition) is 0. The van der Waals surface area contributed by atoms with Crippen LogP contribution in [0.2, 0.25) is 0 Å². The third kappa shape index (κ3) is 3.81. The van der Waals surface area contributed by atoms with Crippen LogP contribution in [-0.4, -0.2) is 23.1 Å². The van der Waals surface area contributed by atoms with E-state index in [0.29, 0.717) is 11.9 Å². The highest BCUT2D eigenvalue weighted by atomic mass is 19.1. The van der Waals surface area contributed by atoms with E-state index in [0.717, 1.165) is 10.9 Å². The summed E-state index contributed by atoms with van der Waals surface area (Å²) >= 11 is 0. The molecule has 23 heavy (non-hydrogen) atoms. The number of nitrogens with zero attached hydrogens (tertiary/aromatic N) is 1. The van der Waals surface area contributed by atoms with Crippen molar-refractivity contribution in [3.05, 3.63) is 47.8 Å². The van der Waals surface area contributed by atoms with Gasteiger partial charge >= 0.3 is 6.09 Å². The highest BCUT2D eigenvalue weighted by molar-refractivity contribution is 5.87. The first kappa shape index (κ1) is 17.3. The van der Waals surface area contributed by atoms with Crippen molar-refractivity contribution in [1.29, 1.82) is 0 Å². The van der Waals surface area contributed by atoms with Crippen LogP contribution in [0.1, 0.15) is 46.2 Å². The molecule has 0 fully saturated rings. The first-order chi connectivity index (χ1) is 10.7. The van der Waals surface area contributed by atoms with Crippen LogP contribution in [0, 0.1) is 5.82 Å². The van der Waals surface area contributed by atoms with Crippen LogP contribution in [0.15, 0.2) is 36.4 Å². The van der Waals surface area contributed by atoms with Gasteiger partial charge < -0.3 is 9.64 Å². The molecule has 0 aliphatic rings. The molecular formula is C19H24FNO2. The van der Waals surface area contributed by atoms with Gasteiger partial charge in [0.25, 0.3) is 0 Å². The minimum Gasteiger partial charge on any atom is -0.444 e. The number of amides is 1. The molecule has 0 radical (unpaired) electrons. The number of rotatable bonds is 3. The molecule has 4 heteroatoms. The molecule has 1 atom stereocenters. The fourth-order valence-electron chi connectivity index (χ4n) is 2.70. The van der Waals surface area contributed by atoms with Crippen molar-refractivity contribution in [3.8, 4) is 0 Å². The molecule has 3 nitrogen and oxygen atoms in total. The Balaban J connectivity index is 2.40. The molecule has 2 aromatic rings. The van der Waals surface area contributed by atoms with Crippen LogP contribution >= 0.6 is 0 Å². The summed E-state index contributed by atoms with van der Waals surface area (Å²) in [6, 6.07) is 10.3. The molecule has 0 heterocycles. The number of benzene rings is 2. The molecule has 124 valence electrons. The predicted molar refractivity (Wildman–Crippen MR) is 90.9 cm³/mol. The average Bonchev–Trinajstić information content (AvgIpc) is 2.46. The molecule has 1 amide bonds. The summed E-state index contributed by atoms with van der Waals surface area (Å²) in [7, 11) is 0. The SMILES string of the molecule is CCN(C(=O)OC(C)(C)C)C(C)c1ccc(F)c2ccccc12. The Labute approximate surface area is 137 Å². The zero-order valence-corrected chi connectivity index (χ0v) is 14.4. The molecule has 0 spiro atoms. The molecule has 0 aromatic heterocycles. The van der Waals surface area contributed by atoms with Crippen molar-refractivity contribution in [2.45, 2.75) is 46.3 Å². The van der Waals surface area contributed by atoms with E-state index in [2.05, 4.69) is 0 Å². The van der Waals surface area contributed by atoms with Gasteiger partial charge in [-0.15, -0.1) is 0 Å². The minimum atomic E-state index is -0.547. The van der Waals surface area contributed by atoms with E-state index >= 15 is 0 Å². The standard InChI is InChI=1S/C19H24FNO2/c1-6-21(18(22)23-19(3,4)5)13(2)14-11-12-17(20)16-10-8-7-9-15(14)16/h7-13H,6H2,1-5H3. The van der Waals surface area contributed by atoms with Gasteiger partial charge in [0.15, 0.2) is 0 Å². The van der Waals surface area contributed by atoms with E-state index in [1.54, 1.807) is 17.0 Å². The summed E-state index contributed by atoms with van der Waals surface area (Å²) in [5.74, 6) is -0.253. The van der Waals surface area contributed by atoms with Crippen LogP contribution in [0.4, 0.5) is 9.18 Å². The number of carbonyl (C=O) groups excluding carboxylic acids is 1. The van der Waals surface area contributed by atoms with Crippen molar-refractivity contribution in [1.82, 2.24) is 4.90 Å². The lowest BCUT2D eigenvalue weighted by Crippen LogP contribution is -2.38. The van der Waals surface area contributed by atoms with E-state index in [9.17, 15) is 9.18 Å². The highest BCUT2D eigenvalue weighted by Gasteiger charge is 2.26. The van der Waals surface area contributed by atoms with Crippen molar-refractivity contribution < 1.29 is 13.9 Å². The molecule has 0 aliphatic carbocycles. The van der Waals surface area contributed by atoms with Crippen LogP contribution in [0.25, 0.3) is 10.8 Å². The van der Waals surface area contributed by atoms with Crippen LogP contribution in [0.3, 0.4) is 0 Å². The Morgan fingerprint density at radius 3 is 2.35 bits per heavy atom. The van der Waals surface area contributed by atoms with Gasteiger partial charge in [-0.25, -0.2) is 9.18 Å². The summed E-state index contributed by atoms with van der Waals surface area (Å²) in [4.78, 5) is 14.1. The van der Waals surface area contributed by atoms with Crippen molar-refractivity contribution >= 4 is 16.9 Å². The molecule has 0 aliphatic heterocycles. The third-order valence-corrected chi connectivity index (χ3v) is 3.79. The van der Waals surface area contributed by atoms with Crippen LogP contribution < -0.4 is 0 Å². The largest absolute Gasteiger partial charge is 0.444 e. The lowest BCUT2D eigenvalue weighted by molar-refractivity contribution is 0.0187. The molecule has 0 saturated carbocycles. The van der Waals surface area contributed by atoms with Crippen molar-refractivity contribution in [2.75, 3.05) is 6.54 Å². The van der Waals surface area contributed by atoms with Crippen molar-refractivity contribution in [3.63, 3.8) is 0 Å². The van der Waals surface area contributed by atoms with E-state index in [1.807, 2.05) is 52.8 Å². The van der Waals surface area contributed by atoms with E-state index in [4.69, 9.17) is 4.74 Å². The zero-order valence-electron chi connectivity index (χ0n) is 14.4. The monoisotopic (exact) mass is 317 g/mol. The Kier molecular flexibility index (Phi) is 4.93. The lowest BCUT2D eigenvalue weighted by Gasteiger charge is -2.31. The summed E-state index contributed by atoms with van der Waals surface area (Å²) in [6.07, 6.45) is -0.360. The maximum atomic E-state index is 14.0. The fraction of sp³-hybridized carbons (Fsp3) is 0.421. The number of hydrogen-bond acceptors (Lipinski definition) is 2. The van der Waals surface area contributed by atoms with Gasteiger partial charge in [-0.05, 0) is 51.6 Å². The molecule has 0 N–H and O–H groups in total. The summed E-state index contributed by atoms with van der Waals surface area (Å²) in [6.45, 7) is 9.89. The first-order valence-electron chi connectivity index (χ1n) is 7.91. The Hall–Kier alpha value is -2.10. The quantitative estimate of drug-likeness (QED) is 0.769. The van der Waals surface area contributed by atoms with Gasteiger partial charge in [-0.1, -0.05) is 30.3 Å². The second-order valence-corrected chi connectivity index (χ2v) is 6.62. The van der Waals surface area contributed by atoms with Crippen molar-refractivity contribution in [2.24, 2.45) is 0 Å². The Morgan fingerprint density at radius 2 is 1.78 bits per heavy atom. The minimum absolute atomic E-state index is 0.208. The average molecular weight is 317 g/mol. The Morgan fingerprint density at radius 1 is 1.17 bits per heavy atom. The maximum Gasteiger partial charge on any atom is 0.410 e. The summed E-state index contributed by atoms with van der Waals surface area (Å²) in [5.41, 5.74) is 0.365. The second-order valence-electron chi connectivity index (χ2n) is 6.62. The molecule has 2 aromatic carbocycles. The van der Waals surface area contributed by atoms with Gasteiger partial charge in [-0.3, -0.25) is 0 Å².